The maximum Gasteiger partial charge on any atom is 0.164 e. The molecule has 0 atom stereocenters. The van der Waals surface area contributed by atoms with Gasteiger partial charge in [0.05, 0.1) is 0 Å². The van der Waals surface area contributed by atoms with Gasteiger partial charge in [0.1, 0.15) is 5.76 Å². The van der Waals surface area contributed by atoms with Crippen molar-refractivity contribution in [1.82, 2.24) is 9.97 Å². The van der Waals surface area contributed by atoms with Gasteiger partial charge in [0, 0.05) is 76.9 Å². The Morgan fingerprint density at radius 3 is 2.16 bits per heavy atom. The van der Waals surface area contributed by atoms with Gasteiger partial charge in [0.2, 0.25) is 0 Å². The molecule has 2 aromatic carbocycles. The van der Waals surface area contributed by atoms with E-state index in [1.165, 1.54) is 38.2 Å². The number of hydrogen-bond acceptors (Lipinski definition) is 5. The van der Waals surface area contributed by atoms with Crippen LogP contribution < -0.4 is 0 Å². The molecular formula is C45H57IrN2O2S-. The van der Waals surface area contributed by atoms with Gasteiger partial charge in [-0.2, -0.15) is 0 Å². The van der Waals surface area contributed by atoms with Crippen LogP contribution in [0.15, 0.2) is 78.3 Å². The third-order valence-corrected chi connectivity index (χ3v) is 11.8. The zero-order valence-corrected chi connectivity index (χ0v) is 35.7. The van der Waals surface area contributed by atoms with E-state index < -0.39 is 0 Å². The molecule has 3 heterocycles. The Labute approximate surface area is 324 Å². The van der Waals surface area contributed by atoms with Gasteiger partial charge >= 0.3 is 0 Å². The second-order valence-corrected chi connectivity index (χ2v) is 16.6. The van der Waals surface area contributed by atoms with Crippen LogP contribution in [0.5, 0.6) is 0 Å². The van der Waals surface area contributed by atoms with Crippen molar-refractivity contribution in [2.45, 2.75) is 114 Å². The van der Waals surface area contributed by atoms with Crippen LogP contribution in [-0.4, -0.2) is 20.9 Å². The van der Waals surface area contributed by atoms with Gasteiger partial charge in [-0.05, 0) is 66.0 Å². The molecule has 6 heteroatoms. The number of ketones is 1. The molecular weight excluding hydrogens is 825 g/mol. The number of nitrogens with zero attached hydrogens (tertiary/aromatic N) is 2. The van der Waals surface area contributed by atoms with Crippen molar-refractivity contribution in [3.63, 3.8) is 0 Å². The number of thiophene rings is 1. The van der Waals surface area contributed by atoms with Gasteiger partial charge in [-0.25, -0.2) is 0 Å². The predicted octanol–water partition coefficient (Wildman–Crippen LogP) is 13.1. The Kier molecular flexibility index (Phi) is 14.5. The Balaban J connectivity index is 0.000000335. The van der Waals surface area contributed by atoms with E-state index in [2.05, 4.69) is 93.5 Å². The average Bonchev–Trinajstić information content (AvgIpc) is 3.52. The number of benzene rings is 2. The number of allylic oxidation sites excluding steroid dienone is 2. The molecule has 0 unspecified atom stereocenters. The van der Waals surface area contributed by atoms with E-state index in [1.807, 2.05) is 71.5 Å². The molecule has 0 amide bonds. The summed E-state index contributed by atoms with van der Waals surface area (Å²) in [4.78, 5) is 21.5. The molecule has 0 aliphatic heterocycles. The zero-order chi connectivity index (χ0) is 36.9. The Bertz CT molecular complexity index is 1960. The number of hydrogen-bond donors (Lipinski definition) is 1. The van der Waals surface area contributed by atoms with E-state index in [-0.39, 0.29) is 47.9 Å². The van der Waals surface area contributed by atoms with Crippen molar-refractivity contribution in [3.8, 4) is 22.4 Å². The molecule has 0 fully saturated rings. The third kappa shape index (κ3) is 9.63. The van der Waals surface area contributed by atoms with Crippen molar-refractivity contribution in [2.75, 3.05) is 0 Å². The smallest absolute Gasteiger partial charge is 0.164 e. The first kappa shape index (κ1) is 42.2. The SMILES string of the molecule is CC(C)Cc1csc2c(-c3ccnc(-c4[c-]c5ccccc5c(C(C)(C)C)c4)c3)cncc12.CCC(C)(CC)C(=O)/C=C(\O)C(C)(CC)CC.[Ir]. The number of aliphatic hydroxyl groups is 1. The van der Waals surface area contributed by atoms with Crippen molar-refractivity contribution in [2.24, 2.45) is 16.7 Å². The van der Waals surface area contributed by atoms with E-state index in [4.69, 9.17) is 4.98 Å². The molecule has 275 valence electrons. The van der Waals surface area contributed by atoms with E-state index in [9.17, 15) is 9.90 Å². The fourth-order valence-corrected chi connectivity index (χ4v) is 7.31. The third-order valence-electron chi connectivity index (χ3n) is 10.7. The van der Waals surface area contributed by atoms with E-state index in [0.29, 0.717) is 5.92 Å². The molecule has 1 N–H and O–H groups in total. The summed E-state index contributed by atoms with van der Waals surface area (Å²) >= 11 is 1.82. The number of carbonyl (C=O) groups is 1. The van der Waals surface area contributed by atoms with Gasteiger partial charge in [-0.3, -0.25) is 14.8 Å². The van der Waals surface area contributed by atoms with Crippen molar-refractivity contribution in [3.05, 3.63) is 95.5 Å². The zero-order valence-electron chi connectivity index (χ0n) is 32.5. The maximum absolute atomic E-state index is 12.2. The number of carbonyl (C=O) groups excluding carboxylic acids is 1. The van der Waals surface area contributed by atoms with Crippen molar-refractivity contribution >= 4 is 38.0 Å². The number of aliphatic hydroxyl groups excluding tert-OH is 1. The summed E-state index contributed by atoms with van der Waals surface area (Å²) < 4.78 is 1.30. The average molecular weight is 882 g/mol. The van der Waals surface area contributed by atoms with Crippen LogP contribution in [0, 0.1) is 22.8 Å². The van der Waals surface area contributed by atoms with Crippen LogP contribution in [0.25, 0.3) is 43.2 Å². The molecule has 5 rings (SSSR count). The molecule has 3 aromatic heterocycles. The van der Waals surface area contributed by atoms with Crippen molar-refractivity contribution < 1.29 is 30.0 Å². The summed E-state index contributed by atoms with van der Waals surface area (Å²) in [7, 11) is 0. The molecule has 0 saturated heterocycles. The summed E-state index contributed by atoms with van der Waals surface area (Å²) in [5.74, 6) is 0.910. The molecule has 1 radical (unpaired) electrons. The van der Waals surface area contributed by atoms with Crippen LogP contribution in [-0.2, 0) is 36.7 Å². The van der Waals surface area contributed by atoms with Gasteiger partial charge < -0.3 is 5.11 Å². The van der Waals surface area contributed by atoms with Gasteiger partial charge in [-0.1, -0.05) is 111 Å². The minimum absolute atomic E-state index is 0. The van der Waals surface area contributed by atoms with Crippen LogP contribution in [0.3, 0.4) is 0 Å². The summed E-state index contributed by atoms with van der Waals surface area (Å²) in [5.41, 5.74) is 6.44. The molecule has 0 aliphatic rings. The first-order valence-corrected chi connectivity index (χ1v) is 19.2. The van der Waals surface area contributed by atoms with Crippen LogP contribution in [0.4, 0.5) is 0 Å². The van der Waals surface area contributed by atoms with E-state index in [0.717, 1.165) is 54.3 Å². The second-order valence-electron chi connectivity index (χ2n) is 15.7. The minimum atomic E-state index is -0.337. The van der Waals surface area contributed by atoms with Gasteiger partial charge in [0.25, 0.3) is 0 Å². The van der Waals surface area contributed by atoms with E-state index >= 15 is 0 Å². The topological polar surface area (TPSA) is 63.1 Å². The standard InChI is InChI=1S/C30H29N2S.C15H28O2.Ir/c1-19(2)12-23-18-33-29-25(16-31-17-26(23)29)21-10-11-32-28(15-21)22-13-20-8-6-7-9-24(20)27(14-22)30(3,4)5;1-7-14(5,8-2)12(16)11-13(17)15(6,9-3)10-4;/h6-11,14-19H,12H2,1-5H3;11,16H,7-10H2,1-6H3;/q-1;;/b;12-11-;. The van der Waals surface area contributed by atoms with Crippen LogP contribution in [0.2, 0.25) is 0 Å². The maximum atomic E-state index is 12.2. The van der Waals surface area contributed by atoms with E-state index in [1.54, 1.807) is 0 Å². The summed E-state index contributed by atoms with van der Waals surface area (Å²) in [6.07, 6.45) is 11.7. The minimum Gasteiger partial charge on any atom is -0.512 e. The molecule has 0 spiro atoms. The first-order valence-electron chi connectivity index (χ1n) is 18.3. The molecule has 4 nitrogen and oxygen atoms in total. The summed E-state index contributed by atoms with van der Waals surface area (Å²) in [6, 6.07) is 18.7. The van der Waals surface area contributed by atoms with Gasteiger partial charge in [0.15, 0.2) is 5.78 Å². The molecule has 0 bridgehead atoms. The number of fused-ring (bicyclic) bond motifs is 2. The largest absolute Gasteiger partial charge is 0.512 e. The predicted molar refractivity (Wildman–Crippen MR) is 215 cm³/mol. The van der Waals surface area contributed by atoms with Crippen molar-refractivity contribution in [1.29, 1.82) is 0 Å². The number of pyridine rings is 2. The molecule has 0 saturated carbocycles. The Morgan fingerprint density at radius 2 is 1.55 bits per heavy atom. The van der Waals surface area contributed by atoms with Crippen LogP contribution in [0.1, 0.15) is 113 Å². The first-order chi connectivity index (χ1) is 23.6. The molecule has 0 aliphatic carbocycles. The molecule has 51 heavy (non-hydrogen) atoms. The molecule has 5 aromatic rings. The number of rotatable bonds is 11. The second kappa shape index (κ2) is 17.6. The summed E-state index contributed by atoms with van der Waals surface area (Å²) in [6.45, 7) is 23.4. The quantitative estimate of drug-likeness (QED) is 0.0815. The Morgan fingerprint density at radius 1 is 0.902 bits per heavy atom. The fourth-order valence-electron chi connectivity index (χ4n) is 6.22. The van der Waals surface area contributed by atoms with Crippen LogP contribution >= 0.6 is 11.3 Å². The van der Waals surface area contributed by atoms with Gasteiger partial charge in [-0.15, -0.1) is 40.5 Å². The number of aromatic nitrogens is 2. The normalized spacial score (nSPS) is 12.5. The Hall–Kier alpha value is -3.18. The monoisotopic (exact) mass is 882 g/mol. The summed E-state index contributed by atoms with van der Waals surface area (Å²) in [5, 5.41) is 16.1. The fraction of sp³-hybridized carbons (Fsp3) is 0.444.